The second-order valence-corrected chi connectivity index (χ2v) is 11.6. The van der Waals surface area contributed by atoms with Crippen molar-refractivity contribution in [3.63, 3.8) is 0 Å². The smallest absolute Gasteiger partial charge is 0.407 e. The summed E-state index contributed by atoms with van der Waals surface area (Å²) < 4.78 is 36.2. The zero-order valence-electron chi connectivity index (χ0n) is 17.3. The Morgan fingerprint density at radius 3 is 2.59 bits per heavy atom. The Hall–Kier alpha value is -1.64. The number of sulfone groups is 1. The first-order valence-electron chi connectivity index (χ1n) is 10.3. The number of ether oxygens (including phenoxy) is 2. The van der Waals surface area contributed by atoms with Crippen molar-refractivity contribution in [1.82, 2.24) is 10.2 Å². The normalized spacial score (nSPS) is 25.5. The number of rotatable bonds is 4. The lowest BCUT2D eigenvalue weighted by molar-refractivity contribution is -0.00782. The lowest BCUT2D eigenvalue weighted by Gasteiger charge is -2.35. The first-order chi connectivity index (χ1) is 13.6. The number of alkyl carbamates (subject to hydrolysis) is 1. The van der Waals surface area contributed by atoms with Crippen LogP contribution in [0.4, 0.5) is 4.79 Å². The van der Waals surface area contributed by atoms with E-state index in [2.05, 4.69) is 10.2 Å². The van der Waals surface area contributed by atoms with Crippen molar-refractivity contribution in [3.8, 4) is 0 Å². The van der Waals surface area contributed by atoms with E-state index < -0.39 is 21.5 Å². The number of benzene rings is 1. The SMILES string of the molecule is CC(C)(C)OC(=O)NC1COCC(N2Cc3ccc(S(=O)(=O)C4CC4)cc3C2)C1. The van der Waals surface area contributed by atoms with Crippen LogP contribution in [0.2, 0.25) is 0 Å². The maximum Gasteiger partial charge on any atom is 0.407 e. The van der Waals surface area contributed by atoms with E-state index in [1.165, 1.54) is 5.56 Å². The molecule has 0 bridgehead atoms. The Bertz CT molecular complexity index is 889. The molecule has 1 aromatic carbocycles. The van der Waals surface area contributed by atoms with Crippen molar-refractivity contribution in [2.75, 3.05) is 13.2 Å². The van der Waals surface area contributed by atoms with Gasteiger partial charge in [0.05, 0.1) is 29.4 Å². The highest BCUT2D eigenvalue weighted by atomic mass is 32.2. The molecule has 1 aliphatic carbocycles. The van der Waals surface area contributed by atoms with Crippen LogP contribution in [0.15, 0.2) is 23.1 Å². The minimum absolute atomic E-state index is 0.0990. The summed E-state index contributed by atoms with van der Waals surface area (Å²) in [7, 11) is -3.17. The zero-order chi connectivity index (χ0) is 20.8. The van der Waals surface area contributed by atoms with Gasteiger partial charge in [-0.2, -0.15) is 0 Å². The molecule has 3 aliphatic rings. The molecule has 0 spiro atoms. The van der Waals surface area contributed by atoms with Gasteiger partial charge in [-0.15, -0.1) is 0 Å². The topological polar surface area (TPSA) is 84.9 Å². The maximum absolute atomic E-state index is 12.5. The van der Waals surface area contributed by atoms with Crippen molar-refractivity contribution in [2.45, 2.75) is 81.0 Å². The quantitative estimate of drug-likeness (QED) is 0.803. The van der Waals surface area contributed by atoms with Crippen LogP contribution >= 0.6 is 0 Å². The molecular weight excluding hydrogens is 392 g/mol. The van der Waals surface area contributed by atoms with Crippen molar-refractivity contribution >= 4 is 15.9 Å². The molecule has 2 aliphatic heterocycles. The summed E-state index contributed by atoms with van der Waals surface area (Å²) in [4.78, 5) is 14.8. The monoisotopic (exact) mass is 422 g/mol. The van der Waals surface area contributed by atoms with Gasteiger partial charge in [-0.05, 0) is 63.3 Å². The fourth-order valence-electron chi connectivity index (χ4n) is 4.04. The van der Waals surface area contributed by atoms with Gasteiger partial charge in [-0.1, -0.05) is 6.07 Å². The molecule has 4 rings (SSSR count). The summed E-state index contributed by atoms with van der Waals surface area (Å²) in [6.45, 7) is 8.07. The molecule has 160 valence electrons. The highest BCUT2D eigenvalue weighted by Crippen LogP contribution is 2.36. The van der Waals surface area contributed by atoms with E-state index in [9.17, 15) is 13.2 Å². The van der Waals surface area contributed by atoms with Crippen LogP contribution in [-0.2, 0) is 32.4 Å². The van der Waals surface area contributed by atoms with Crippen LogP contribution in [-0.4, -0.2) is 55.6 Å². The highest BCUT2D eigenvalue weighted by molar-refractivity contribution is 7.92. The van der Waals surface area contributed by atoms with E-state index in [-0.39, 0.29) is 17.3 Å². The van der Waals surface area contributed by atoms with E-state index in [1.54, 1.807) is 6.07 Å². The predicted molar refractivity (Wildman–Crippen MR) is 108 cm³/mol. The summed E-state index contributed by atoms with van der Waals surface area (Å²) in [5, 5.41) is 2.72. The number of hydrogen-bond acceptors (Lipinski definition) is 6. The molecule has 1 saturated heterocycles. The third-order valence-electron chi connectivity index (χ3n) is 5.64. The molecule has 1 saturated carbocycles. The van der Waals surface area contributed by atoms with E-state index in [0.29, 0.717) is 24.7 Å². The average Bonchev–Trinajstić information content (AvgIpc) is 3.40. The number of hydrogen-bond donors (Lipinski definition) is 1. The van der Waals surface area contributed by atoms with E-state index in [4.69, 9.17) is 9.47 Å². The summed E-state index contributed by atoms with van der Waals surface area (Å²) in [5.41, 5.74) is 1.71. The molecule has 1 aromatic rings. The molecule has 2 unspecified atom stereocenters. The number of carbonyl (C=O) groups is 1. The second kappa shape index (κ2) is 7.56. The van der Waals surface area contributed by atoms with Gasteiger partial charge in [-0.3, -0.25) is 4.90 Å². The lowest BCUT2D eigenvalue weighted by Crippen LogP contribution is -2.50. The second-order valence-electron chi connectivity index (χ2n) is 9.35. The van der Waals surface area contributed by atoms with Crippen molar-refractivity contribution in [2.24, 2.45) is 0 Å². The Kier molecular flexibility index (Phi) is 5.38. The standard InChI is InChI=1S/C21H30N2O5S/c1-21(2,3)28-20(24)22-16-9-17(13-27-12-16)23-10-14-4-5-19(8-15(14)11-23)29(25,26)18-6-7-18/h4-5,8,16-18H,6-7,9-13H2,1-3H3,(H,22,24). The predicted octanol–water partition coefficient (Wildman–Crippen LogP) is 2.62. The molecule has 2 atom stereocenters. The largest absolute Gasteiger partial charge is 0.444 e. The van der Waals surface area contributed by atoms with Gasteiger partial charge in [-0.25, -0.2) is 13.2 Å². The van der Waals surface area contributed by atoms with E-state index in [0.717, 1.165) is 31.4 Å². The maximum atomic E-state index is 12.5. The number of nitrogens with one attached hydrogen (secondary N) is 1. The Labute approximate surface area is 172 Å². The van der Waals surface area contributed by atoms with Gasteiger partial charge < -0.3 is 14.8 Å². The number of amides is 1. The third kappa shape index (κ3) is 4.75. The van der Waals surface area contributed by atoms with Crippen LogP contribution in [0.3, 0.4) is 0 Å². The van der Waals surface area contributed by atoms with Crippen molar-refractivity contribution in [1.29, 1.82) is 0 Å². The minimum Gasteiger partial charge on any atom is -0.444 e. The summed E-state index contributed by atoms with van der Waals surface area (Å²) in [5.74, 6) is 0. The van der Waals surface area contributed by atoms with Gasteiger partial charge in [0, 0.05) is 19.1 Å². The average molecular weight is 423 g/mol. The fourth-order valence-corrected chi connectivity index (χ4v) is 5.75. The summed E-state index contributed by atoms with van der Waals surface area (Å²) in [6.07, 6.45) is 1.90. The van der Waals surface area contributed by atoms with Gasteiger partial charge >= 0.3 is 6.09 Å². The number of nitrogens with zero attached hydrogens (tertiary/aromatic N) is 1. The Balaban J connectivity index is 1.38. The van der Waals surface area contributed by atoms with Crippen LogP contribution in [0.5, 0.6) is 0 Å². The number of fused-ring (bicyclic) bond motifs is 1. The van der Waals surface area contributed by atoms with Crippen LogP contribution in [0, 0.1) is 0 Å². The molecule has 0 radical (unpaired) electrons. The summed E-state index contributed by atoms with van der Waals surface area (Å²) >= 11 is 0. The molecule has 29 heavy (non-hydrogen) atoms. The minimum atomic E-state index is -3.17. The van der Waals surface area contributed by atoms with Crippen LogP contribution in [0.1, 0.15) is 51.2 Å². The molecule has 2 heterocycles. The Morgan fingerprint density at radius 2 is 1.90 bits per heavy atom. The van der Waals surface area contributed by atoms with Gasteiger partial charge in [0.25, 0.3) is 0 Å². The van der Waals surface area contributed by atoms with Crippen LogP contribution < -0.4 is 5.32 Å². The van der Waals surface area contributed by atoms with E-state index in [1.807, 2.05) is 32.9 Å². The van der Waals surface area contributed by atoms with Crippen molar-refractivity contribution in [3.05, 3.63) is 29.3 Å². The Morgan fingerprint density at radius 1 is 1.17 bits per heavy atom. The number of carbonyl (C=O) groups excluding carboxylic acids is 1. The highest BCUT2D eigenvalue weighted by Gasteiger charge is 2.38. The first-order valence-corrected chi connectivity index (χ1v) is 11.8. The molecule has 1 N–H and O–H groups in total. The summed E-state index contributed by atoms with van der Waals surface area (Å²) in [6, 6.07) is 5.62. The van der Waals surface area contributed by atoms with Gasteiger partial charge in [0.15, 0.2) is 9.84 Å². The van der Waals surface area contributed by atoms with Gasteiger partial charge in [0.2, 0.25) is 0 Å². The van der Waals surface area contributed by atoms with Crippen molar-refractivity contribution < 1.29 is 22.7 Å². The molecule has 0 aromatic heterocycles. The molecule has 8 heteroatoms. The van der Waals surface area contributed by atoms with Crippen LogP contribution in [0.25, 0.3) is 0 Å². The van der Waals surface area contributed by atoms with E-state index >= 15 is 0 Å². The fraction of sp³-hybridized carbons (Fsp3) is 0.667. The molecular formula is C21H30N2O5S. The first kappa shape index (κ1) is 20.6. The lowest BCUT2D eigenvalue weighted by atomic mass is 10.0. The molecule has 2 fully saturated rings. The molecule has 7 nitrogen and oxygen atoms in total. The molecule has 1 amide bonds. The third-order valence-corrected chi connectivity index (χ3v) is 7.90. The zero-order valence-corrected chi connectivity index (χ0v) is 18.1. The van der Waals surface area contributed by atoms with Gasteiger partial charge in [0.1, 0.15) is 5.60 Å².